The zero-order valence-electron chi connectivity index (χ0n) is 8.50. The van der Waals surface area contributed by atoms with Crippen LogP contribution in [0.1, 0.15) is 29.8 Å². The van der Waals surface area contributed by atoms with E-state index in [-0.39, 0.29) is 17.4 Å². The summed E-state index contributed by atoms with van der Waals surface area (Å²) in [6, 6.07) is 3.12. The highest BCUT2D eigenvalue weighted by molar-refractivity contribution is 5.79. The first-order valence-corrected chi connectivity index (χ1v) is 4.47. The Bertz CT molecular complexity index is 345. The maximum absolute atomic E-state index is 13.5. The molecule has 0 amide bonds. The highest BCUT2D eigenvalue weighted by atomic mass is 19.1. The molecule has 76 valence electrons. The van der Waals surface area contributed by atoms with E-state index in [9.17, 15) is 9.18 Å². The molecule has 0 spiro atoms. The maximum atomic E-state index is 13.5. The highest BCUT2D eigenvalue weighted by Gasteiger charge is 2.13. The summed E-state index contributed by atoms with van der Waals surface area (Å²) in [6.45, 7) is 5.21. The van der Waals surface area contributed by atoms with Crippen LogP contribution in [0.5, 0.6) is 5.75 Å². The van der Waals surface area contributed by atoms with Crippen LogP contribution in [-0.4, -0.2) is 12.4 Å². The van der Waals surface area contributed by atoms with Gasteiger partial charge >= 0.3 is 0 Å². The van der Waals surface area contributed by atoms with Gasteiger partial charge in [0.15, 0.2) is 17.9 Å². The number of aldehydes is 1. The second-order valence-electron chi connectivity index (χ2n) is 3.40. The Kier molecular flexibility index (Phi) is 3.23. The van der Waals surface area contributed by atoms with Gasteiger partial charge in [0.1, 0.15) is 0 Å². The van der Waals surface area contributed by atoms with Crippen LogP contribution in [0.3, 0.4) is 0 Å². The molecule has 0 bridgehead atoms. The van der Waals surface area contributed by atoms with Crippen LogP contribution in [0.2, 0.25) is 0 Å². The fourth-order valence-electron chi connectivity index (χ4n) is 1.12. The van der Waals surface area contributed by atoms with Gasteiger partial charge in [-0.25, -0.2) is 4.39 Å². The molecule has 1 aromatic rings. The lowest BCUT2D eigenvalue weighted by atomic mass is 10.1. The summed E-state index contributed by atoms with van der Waals surface area (Å²) in [5.74, 6) is -0.404. The van der Waals surface area contributed by atoms with Crippen LogP contribution < -0.4 is 4.74 Å². The van der Waals surface area contributed by atoms with Crippen LogP contribution in [0, 0.1) is 12.7 Å². The van der Waals surface area contributed by atoms with Crippen LogP contribution in [0.25, 0.3) is 0 Å². The monoisotopic (exact) mass is 196 g/mol. The average molecular weight is 196 g/mol. The van der Waals surface area contributed by atoms with Crippen molar-refractivity contribution in [1.82, 2.24) is 0 Å². The Balaban J connectivity index is 3.20. The Morgan fingerprint density at radius 2 is 2.07 bits per heavy atom. The molecule has 0 aliphatic rings. The van der Waals surface area contributed by atoms with Crippen molar-refractivity contribution in [1.29, 1.82) is 0 Å². The molecule has 3 heteroatoms. The minimum Gasteiger partial charge on any atom is -0.487 e. The molecule has 1 aromatic carbocycles. The fraction of sp³-hybridized carbons (Fsp3) is 0.364. The van der Waals surface area contributed by atoms with E-state index < -0.39 is 5.82 Å². The Labute approximate surface area is 82.7 Å². The number of hydrogen-bond donors (Lipinski definition) is 0. The van der Waals surface area contributed by atoms with Crippen LogP contribution in [-0.2, 0) is 0 Å². The number of carbonyl (C=O) groups is 1. The van der Waals surface area contributed by atoms with E-state index >= 15 is 0 Å². The van der Waals surface area contributed by atoms with Crippen molar-refractivity contribution in [2.45, 2.75) is 26.9 Å². The minimum atomic E-state index is -0.455. The van der Waals surface area contributed by atoms with E-state index in [0.29, 0.717) is 11.8 Å². The highest BCUT2D eigenvalue weighted by Crippen LogP contribution is 2.25. The van der Waals surface area contributed by atoms with Crippen molar-refractivity contribution in [3.63, 3.8) is 0 Å². The smallest absolute Gasteiger partial charge is 0.168 e. The molecular formula is C11H13FO2. The molecule has 0 radical (unpaired) electrons. The molecule has 0 saturated heterocycles. The lowest BCUT2D eigenvalue weighted by Crippen LogP contribution is -2.09. The molecule has 0 unspecified atom stereocenters. The molecule has 1 rings (SSSR count). The summed E-state index contributed by atoms with van der Waals surface area (Å²) >= 11 is 0. The number of aryl methyl sites for hydroxylation is 1. The van der Waals surface area contributed by atoms with Gasteiger partial charge in [0.2, 0.25) is 0 Å². The van der Waals surface area contributed by atoms with Crippen LogP contribution in [0.4, 0.5) is 4.39 Å². The van der Waals surface area contributed by atoms with Gasteiger partial charge < -0.3 is 4.74 Å². The predicted octanol–water partition coefficient (Wildman–Crippen LogP) is 2.73. The second kappa shape index (κ2) is 4.22. The number of hydrogen-bond acceptors (Lipinski definition) is 2. The number of carbonyl (C=O) groups excluding carboxylic acids is 1. The van der Waals surface area contributed by atoms with Gasteiger partial charge in [0.05, 0.1) is 11.7 Å². The standard InChI is InChI=1S/C11H13FO2/c1-7(2)14-11-9(6-13)5-4-8(3)10(11)12/h4-7H,1-3H3. The van der Waals surface area contributed by atoms with Crippen molar-refractivity contribution in [3.05, 3.63) is 29.1 Å². The summed E-state index contributed by atoms with van der Waals surface area (Å²) in [5.41, 5.74) is 0.730. The molecule has 0 aliphatic carbocycles. The van der Waals surface area contributed by atoms with Crippen molar-refractivity contribution < 1.29 is 13.9 Å². The van der Waals surface area contributed by atoms with E-state index in [2.05, 4.69) is 0 Å². The summed E-state index contributed by atoms with van der Waals surface area (Å²) in [5, 5.41) is 0. The van der Waals surface area contributed by atoms with Gasteiger partial charge in [0, 0.05) is 0 Å². The molecule has 0 atom stereocenters. The molecule has 0 N–H and O–H groups in total. The Morgan fingerprint density at radius 1 is 1.43 bits per heavy atom. The fourth-order valence-corrected chi connectivity index (χ4v) is 1.12. The van der Waals surface area contributed by atoms with E-state index in [0.717, 1.165) is 0 Å². The SMILES string of the molecule is Cc1ccc(C=O)c(OC(C)C)c1F. The minimum absolute atomic E-state index is 0.0509. The molecule has 0 aliphatic heterocycles. The Morgan fingerprint density at radius 3 is 2.57 bits per heavy atom. The molecule has 0 aromatic heterocycles. The third-order valence-corrected chi connectivity index (χ3v) is 1.80. The van der Waals surface area contributed by atoms with E-state index in [1.165, 1.54) is 0 Å². The average Bonchev–Trinajstić information content (AvgIpc) is 2.13. The summed E-state index contributed by atoms with van der Waals surface area (Å²) in [6.07, 6.45) is 0.449. The summed E-state index contributed by atoms with van der Waals surface area (Å²) in [7, 11) is 0. The van der Waals surface area contributed by atoms with Crippen molar-refractivity contribution in [3.8, 4) is 5.75 Å². The number of rotatable bonds is 3. The number of halogens is 1. The maximum Gasteiger partial charge on any atom is 0.168 e. The molecular weight excluding hydrogens is 183 g/mol. The van der Waals surface area contributed by atoms with Gasteiger partial charge in [-0.3, -0.25) is 4.79 Å². The normalized spacial score (nSPS) is 10.4. The summed E-state index contributed by atoms with van der Waals surface area (Å²) < 4.78 is 18.8. The quantitative estimate of drug-likeness (QED) is 0.695. The third-order valence-electron chi connectivity index (χ3n) is 1.80. The topological polar surface area (TPSA) is 26.3 Å². The van der Waals surface area contributed by atoms with Gasteiger partial charge in [-0.1, -0.05) is 6.07 Å². The first kappa shape index (κ1) is 10.7. The predicted molar refractivity (Wildman–Crippen MR) is 52.3 cm³/mol. The second-order valence-corrected chi connectivity index (χ2v) is 3.40. The molecule has 0 fully saturated rings. The zero-order chi connectivity index (χ0) is 10.7. The van der Waals surface area contributed by atoms with Crippen molar-refractivity contribution >= 4 is 6.29 Å². The van der Waals surface area contributed by atoms with E-state index in [1.54, 1.807) is 32.9 Å². The van der Waals surface area contributed by atoms with Crippen LogP contribution in [0.15, 0.2) is 12.1 Å². The number of benzene rings is 1. The summed E-state index contributed by atoms with van der Waals surface area (Å²) in [4.78, 5) is 10.6. The third kappa shape index (κ3) is 2.10. The molecule has 2 nitrogen and oxygen atoms in total. The first-order chi connectivity index (χ1) is 6.56. The number of ether oxygens (including phenoxy) is 1. The van der Waals surface area contributed by atoms with E-state index in [1.807, 2.05) is 0 Å². The molecule has 0 saturated carbocycles. The van der Waals surface area contributed by atoms with Gasteiger partial charge in [0.25, 0.3) is 0 Å². The first-order valence-electron chi connectivity index (χ1n) is 4.47. The van der Waals surface area contributed by atoms with Crippen LogP contribution >= 0.6 is 0 Å². The van der Waals surface area contributed by atoms with Crippen molar-refractivity contribution in [2.75, 3.05) is 0 Å². The molecule has 14 heavy (non-hydrogen) atoms. The van der Waals surface area contributed by atoms with Gasteiger partial charge in [-0.05, 0) is 32.4 Å². The Hall–Kier alpha value is -1.38. The molecule has 0 heterocycles. The van der Waals surface area contributed by atoms with E-state index in [4.69, 9.17) is 4.74 Å². The van der Waals surface area contributed by atoms with Gasteiger partial charge in [-0.2, -0.15) is 0 Å². The van der Waals surface area contributed by atoms with Gasteiger partial charge in [-0.15, -0.1) is 0 Å². The van der Waals surface area contributed by atoms with Crippen molar-refractivity contribution in [2.24, 2.45) is 0 Å². The zero-order valence-corrected chi connectivity index (χ0v) is 8.50. The lowest BCUT2D eigenvalue weighted by Gasteiger charge is -2.13. The lowest BCUT2D eigenvalue weighted by molar-refractivity contribution is 0.111. The largest absolute Gasteiger partial charge is 0.487 e.